The van der Waals surface area contributed by atoms with Crippen molar-refractivity contribution in [2.75, 3.05) is 20.2 Å². The molecule has 0 unspecified atom stereocenters. The second-order valence-corrected chi connectivity index (χ2v) is 8.56. The number of hydrogen-bond donors (Lipinski definition) is 4. The zero-order chi connectivity index (χ0) is 30.2. The third-order valence-corrected chi connectivity index (χ3v) is 5.56. The third kappa shape index (κ3) is 9.95. The molecule has 11 heteroatoms. The van der Waals surface area contributed by atoms with Gasteiger partial charge in [0, 0.05) is 42.5 Å². The lowest BCUT2D eigenvalue weighted by Crippen LogP contribution is -2.25. The molecule has 0 radical (unpaired) electrons. The maximum Gasteiger partial charge on any atom is 0.251 e. The van der Waals surface area contributed by atoms with Gasteiger partial charge in [-0.1, -0.05) is 39.0 Å². The van der Waals surface area contributed by atoms with Gasteiger partial charge in [-0.05, 0) is 48.9 Å². The predicted octanol–water partition coefficient (Wildman–Crippen LogP) is 3.26. The van der Waals surface area contributed by atoms with Gasteiger partial charge in [-0.3, -0.25) is 19.6 Å². The lowest BCUT2D eigenvalue weighted by Gasteiger charge is -2.08. The number of carbonyl (C=O) groups excluding carboxylic acids is 2. The van der Waals surface area contributed by atoms with Crippen molar-refractivity contribution in [3.8, 4) is 17.1 Å². The molecule has 2 amide bonds. The minimum Gasteiger partial charge on any atom is -0.497 e. The number of aliphatic imine (C=N–C) groups is 1. The van der Waals surface area contributed by atoms with Crippen molar-refractivity contribution < 1.29 is 14.3 Å². The Bertz CT molecular complexity index is 1430. The number of benzene rings is 2. The molecule has 4 rings (SSSR count). The second kappa shape index (κ2) is 16.9. The number of fused-ring (bicyclic) bond motifs is 1. The van der Waals surface area contributed by atoms with Gasteiger partial charge in [-0.2, -0.15) is 0 Å². The first-order valence-electron chi connectivity index (χ1n) is 13.5. The van der Waals surface area contributed by atoms with Crippen LogP contribution >= 0.6 is 0 Å². The van der Waals surface area contributed by atoms with Crippen LogP contribution in [0.15, 0.2) is 71.9 Å². The van der Waals surface area contributed by atoms with Gasteiger partial charge in [-0.25, -0.2) is 4.98 Å². The van der Waals surface area contributed by atoms with Gasteiger partial charge < -0.3 is 31.8 Å². The Morgan fingerprint density at radius 3 is 2.41 bits per heavy atom. The highest BCUT2D eigenvalue weighted by molar-refractivity contribution is 5.98. The number of amides is 2. The fraction of sp³-hybridized carbons (Fsp3) is 0.300. The molecule has 0 aliphatic heterocycles. The van der Waals surface area contributed by atoms with Gasteiger partial charge in [0.1, 0.15) is 18.1 Å². The van der Waals surface area contributed by atoms with Crippen LogP contribution in [-0.4, -0.2) is 52.5 Å². The SMILES string of the molecule is CC.CCCN=C(N)N.COc1cccc(-c2nc3cc(C(=O)NCCc4ccccn4)ccc3n2CC(N)=O)c1. The summed E-state index contributed by atoms with van der Waals surface area (Å²) in [6.45, 7) is 7.20. The van der Waals surface area contributed by atoms with Crippen molar-refractivity contribution in [2.24, 2.45) is 22.2 Å². The van der Waals surface area contributed by atoms with Crippen molar-refractivity contribution in [3.05, 3.63) is 78.1 Å². The molecule has 0 saturated carbocycles. The van der Waals surface area contributed by atoms with Gasteiger partial charge in [0.25, 0.3) is 5.91 Å². The van der Waals surface area contributed by atoms with Crippen molar-refractivity contribution in [2.45, 2.75) is 40.2 Å². The summed E-state index contributed by atoms with van der Waals surface area (Å²) >= 11 is 0. The molecular formula is C30H40N8O3. The lowest BCUT2D eigenvalue weighted by atomic mass is 10.2. The molecule has 0 fully saturated rings. The van der Waals surface area contributed by atoms with Crippen LogP contribution in [0.3, 0.4) is 0 Å². The van der Waals surface area contributed by atoms with E-state index in [0.717, 1.165) is 24.2 Å². The van der Waals surface area contributed by atoms with Crippen LogP contribution in [0.1, 0.15) is 43.2 Å². The van der Waals surface area contributed by atoms with Crippen LogP contribution in [0.2, 0.25) is 0 Å². The van der Waals surface area contributed by atoms with Crippen molar-refractivity contribution in [1.29, 1.82) is 0 Å². The topological polar surface area (TPSA) is 177 Å². The van der Waals surface area contributed by atoms with E-state index in [9.17, 15) is 9.59 Å². The van der Waals surface area contributed by atoms with Crippen LogP contribution in [-0.2, 0) is 17.8 Å². The molecule has 2 aromatic carbocycles. The average Bonchev–Trinajstić information content (AvgIpc) is 3.34. The van der Waals surface area contributed by atoms with E-state index in [1.807, 2.05) is 63.2 Å². The van der Waals surface area contributed by atoms with Crippen molar-refractivity contribution >= 4 is 28.8 Å². The number of imidazole rings is 1. The van der Waals surface area contributed by atoms with Crippen LogP contribution in [0.25, 0.3) is 22.4 Å². The maximum absolute atomic E-state index is 12.6. The molecule has 0 spiro atoms. The quantitative estimate of drug-likeness (QED) is 0.170. The number of guanidine groups is 1. The first-order chi connectivity index (χ1) is 19.8. The molecule has 0 aliphatic carbocycles. The molecule has 7 N–H and O–H groups in total. The Balaban J connectivity index is 0.000000573. The van der Waals surface area contributed by atoms with E-state index in [4.69, 9.17) is 26.9 Å². The summed E-state index contributed by atoms with van der Waals surface area (Å²) in [5, 5.41) is 2.91. The lowest BCUT2D eigenvalue weighted by molar-refractivity contribution is -0.118. The monoisotopic (exact) mass is 560 g/mol. The van der Waals surface area contributed by atoms with E-state index in [1.54, 1.807) is 36.1 Å². The second-order valence-electron chi connectivity index (χ2n) is 8.56. The zero-order valence-corrected chi connectivity index (χ0v) is 24.1. The third-order valence-electron chi connectivity index (χ3n) is 5.56. The highest BCUT2D eigenvalue weighted by atomic mass is 16.5. The summed E-state index contributed by atoms with van der Waals surface area (Å²) in [7, 11) is 1.59. The molecule has 0 saturated heterocycles. The highest BCUT2D eigenvalue weighted by Gasteiger charge is 2.17. The Kier molecular flexibility index (Phi) is 13.3. The minimum absolute atomic E-state index is 0.0291. The maximum atomic E-state index is 12.6. The molecule has 11 nitrogen and oxygen atoms in total. The van der Waals surface area contributed by atoms with Gasteiger partial charge in [0.2, 0.25) is 5.91 Å². The number of hydrogen-bond acceptors (Lipinski definition) is 6. The number of pyridine rings is 1. The van der Waals surface area contributed by atoms with Gasteiger partial charge in [-0.15, -0.1) is 0 Å². The van der Waals surface area contributed by atoms with E-state index in [0.29, 0.717) is 41.1 Å². The van der Waals surface area contributed by atoms with Gasteiger partial charge in [0.15, 0.2) is 5.96 Å². The highest BCUT2D eigenvalue weighted by Crippen LogP contribution is 2.28. The average molecular weight is 561 g/mol. The Morgan fingerprint density at radius 2 is 1.80 bits per heavy atom. The van der Waals surface area contributed by atoms with E-state index in [1.165, 1.54) is 0 Å². The van der Waals surface area contributed by atoms with Crippen LogP contribution in [0.4, 0.5) is 0 Å². The van der Waals surface area contributed by atoms with Gasteiger partial charge in [0.05, 0.1) is 18.1 Å². The first kappa shape index (κ1) is 32.3. The van der Waals surface area contributed by atoms with E-state index in [2.05, 4.69) is 15.3 Å². The molecule has 2 heterocycles. The van der Waals surface area contributed by atoms with Crippen molar-refractivity contribution in [1.82, 2.24) is 19.9 Å². The standard InChI is InChI=1S/C24H23N5O3.C4H11N3.C2H6/c1-32-19-7-4-5-16(13-19)23-28-20-14-17(8-9-21(20)29(23)15-22(25)30)24(31)27-12-10-18-6-2-3-11-26-18;1-2-3-7-4(5)6;1-2/h2-9,11,13-14H,10,12,15H2,1H3,(H2,25,30)(H,27,31);2-3H2,1H3,(H4,5,6,7);1-2H3. The fourth-order valence-corrected chi connectivity index (χ4v) is 3.76. The molecule has 0 bridgehead atoms. The zero-order valence-electron chi connectivity index (χ0n) is 24.1. The number of nitrogens with two attached hydrogens (primary N) is 3. The molecule has 0 atom stereocenters. The smallest absolute Gasteiger partial charge is 0.251 e. The number of ether oxygens (including phenoxy) is 1. The molecule has 41 heavy (non-hydrogen) atoms. The minimum atomic E-state index is -0.482. The van der Waals surface area contributed by atoms with E-state index < -0.39 is 5.91 Å². The van der Waals surface area contributed by atoms with E-state index >= 15 is 0 Å². The summed E-state index contributed by atoms with van der Waals surface area (Å²) in [4.78, 5) is 37.0. The Labute approximate surface area is 240 Å². The number of nitrogens with one attached hydrogen (secondary N) is 1. The number of carbonyl (C=O) groups is 2. The number of primary amides is 1. The fourth-order valence-electron chi connectivity index (χ4n) is 3.76. The van der Waals surface area contributed by atoms with Crippen LogP contribution in [0.5, 0.6) is 5.75 Å². The summed E-state index contributed by atoms with van der Waals surface area (Å²) < 4.78 is 7.05. The molecule has 0 aliphatic rings. The number of rotatable bonds is 10. The number of methoxy groups -OCH3 is 1. The number of nitrogens with zero attached hydrogens (tertiary/aromatic N) is 4. The van der Waals surface area contributed by atoms with Crippen molar-refractivity contribution in [3.63, 3.8) is 0 Å². The summed E-state index contributed by atoms with van der Waals surface area (Å²) in [5.74, 6) is 0.750. The largest absolute Gasteiger partial charge is 0.497 e. The molecule has 218 valence electrons. The molecule has 4 aromatic rings. The normalized spacial score (nSPS) is 9.95. The number of aromatic nitrogens is 3. The van der Waals surface area contributed by atoms with Crippen LogP contribution < -0.4 is 27.3 Å². The Hall–Kier alpha value is -4.93. The molecule has 2 aromatic heterocycles. The summed E-state index contributed by atoms with van der Waals surface area (Å²) in [6.07, 6.45) is 3.37. The summed E-state index contributed by atoms with van der Waals surface area (Å²) in [5.41, 5.74) is 19.0. The molecular weight excluding hydrogens is 520 g/mol. The van der Waals surface area contributed by atoms with E-state index in [-0.39, 0.29) is 18.4 Å². The predicted molar refractivity (Wildman–Crippen MR) is 164 cm³/mol. The summed E-state index contributed by atoms with van der Waals surface area (Å²) in [6, 6.07) is 18.3. The van der Waals surface area contributed by atoms with Gasteiger partial charge >= 0.3 is 0 Å². The van der Waals surface area contributed by atoms with Crippen LogP contribution in [0, 0.1) is 0 Å². The first-order valence-corrected chi connectivity index (χ1v) is 13.5. The Morgan fingerprint density at radius 1 is 1.02 bits per heavy atom.